The van der Waals surface area contributed by atoms with E-state index in [0.717, 1.165) is 5.69 Å². The lowest BCUT2D eigenvalue weighted by Gasteiger charge is -2.06. The second kappa shape index (κ2) is 4.14. The Bertz CT molecular complexity index is 513. The fourth-order valence-corrected chi connectivity index (χ4v) is 1.28. The van der Waals surface area contributed by atoms with Gasteiger partial charge in [0.05, 0.1) is 0 Å². The van der Waals surface area contributed by atoms with Crippen LogP contribution in [-0.4, -0.2) is 9.97 Å². The lowest BCUT2D eigenvalue weighted by Crippen LogP contribution is -1.99. The summed E-state index contributed by atoms with van der Waals surface area (Å²) in [6.45, 7) is 1.70. The topological polar surface area (TPSA) is 63.8 Å². The lowest BCUT2D eigenvalue weighted by atomic mass is 10.2. The zero-order valence-electron chi connectivity index (χ0n) is 8.74. The highest BCUT2D eigenvalue weighted by molar-refractivity contribution is 5.55. The minimum atomic E-state index is -0.237. The molecule has 0 aliphatic rings. The number of rotatable bonds is 2. The second-order valence-corrected chi connectivity index (χ2v) is 3.39. The average molecular weight is 218 g/mol. The Labute approximate surface area is 92.3 Å². The van der Waals surface area contributed by atoms with Crippen molar-refractivity contribution in [3.8, 4) is 0 Å². The predicted molar refractivity (Wildman–Crippen MR) is 60.9 cm³/mol. The summed E-state index contributed by atoms with van der Waals surface area (Å²) in [4.78, 5) is 7.97. The third kappa shape index (κ3) is 2.25. The Morgan fingerprint density at radius 1 is 1.31 bits per heavy atom. The van der Waals surface area contributed by atoms with Gasteiger partial charge in [-0.2, -0.15) is 4.98 Å². The molecule has 5 heteroatoms. The number of anilines is 3. The Kier molecular flexibility index (Phi) is 2.68. The summed E-state index contributed by atoms with van der Waals surface area (Å²) in [5, 5.41) is 2.94. The summed E-state index contributed by atoms with van der Waals surface area (Å²) < 4.78 is 13.0. The van der Waals surface area contributed by atoms with E-state index in [9.17, 15) is 4.39 Å². The maximum absolute atomic E-state index is 13.0. The molecular weight excluding hydrogens is 207 g/mol. The van der Waals surface area contributed by atoms with Crippen molar-refractivity contribution in [1.29, 1.82) is 0 Å². The maximum Gasteiger partial charge on any atom is 0.229 e. The van der Waals surface area contributed by atoms with Crippen LogP contribution in [0.2, 0.25) is 0 Å². The van der Waals surface area contributed by atoms with Crippen molar-refractivity contribution < 1.29 is 4.39 Å². The molecule has 0 radical (unpaired) electrons. The minimum absolute atomic E-state index is 0.237. The molecule has 3 N–H and O–H groups in total. The number of nitrogens with one attached hydrogen (secondary N) is 1. The largest absolute Gasteiger partial charge is 0.384 e. The van der Waals surface area contributed by atoms with Crippen molar-refractivity contribution in [3.05, 3.63) is 41.8 Å². The van der Waals surface area contributed by atoms with Crippen molar-refractivity contribution in [1.82, 2.24) is 9.97 Å². The molecule has 4 nitrogen and oxygen atoms in total. The monoisotopic (exact) mass is 218 g/mol. The summed E-state index contributed by atoms with van der Waals surface area (Å²) in [6, 6.07) is 6.29. The van der Waals surface area contributed by atoms with Crippen LogP contribution in [0.5, 0.6) is 0 Å². The van der Waals surface area contributed by atoms with Gasteiger partial charge in [-0.1, -0.05) is 0 Å². The molecule has 0 amide bonds. The van der Waals surface area contributed by atoms with Crippen LogP contribution in [-0.2, 0) is 0 Å². The molecule has 0 fully saturated rings. The molecule has 2 aromatic rings. The molecule has 1 heterocycles. The Balaban J connectivity index is 2.24. The van der Waals surface area contributed by atoms with Crippen LogP contribution in [0.1, 0.15) is 5.56 Å². The second-order valence-electron chi connectivity index (χ2n) is 3.39. The molecule has 16 heavy (non-hydrogen) atoms. The number of aromatic nitrogens is 2. The van der Waals surface area contributed by atoms with E-state index in [4.69, 9.17) is 5.73 Å². The average Bonchev–Trinajstić information content (AvgIpc) is 2.24. The minimum Gasteiger partial charge on any atom is -0.384 e. The number of halogens is 1. The van der Waals surface area contributed by atoms with Gasteiger partial charge in [0.25, 0.3) is 0 Å². The number of hydrogen-bond donors (Lipinski definition) is 2. The molecule has 0 aliphatic carbocycles. The Morgan fingerprint density at radius 3 is 2.81 bits per heavy atom. The number of benzene rings is 1. The normalized spacial score (nSPS) is 10.1. The quantitative estimate of drug-likeness (QED) is 0.811. The first-order valence-corrected chi connectivity index (χ1v) is 4.77. The molecular formula is C11H11FN4. The van der Waals surface area contributed by atoms with Gasteiger partial charge in [0.15, 0.2) is 0 Å². The molecule has 82 valence electrons. The van der Waals surface area contributed by atoms with Crippen LogP contribution in [0.25, 0.3) is 0 Å². The maximum atomic E-state index is 13.0. The van der Waals surface area contributed by atoms with Crippen LogP contribution in [0.4, 0.5) is 21.8 Å². The van der Waals surface area contributed by atoms with E-state index in [-0.39, 0.29) is 5.82 Å². The predicted octanol–water partition coefficient (Wildman–Crippen LogP) is 2.25. The lowest BCUT2D eigenvalue weighted by molar-refractivity contribution is 0.619. The summed E-state index contributed by atoms with van der Waals surface area (Å²) in [6.07, 6.45) is 1.56. The third-order valence-electron chi connectivity index (χ3n) is 2.09. The van der Waals surface area contributed by atoms with Gasteiger partial charge in [0, 0.05) is 11.9 Å². The van der Waals surface area contributed by atoms with Crippen molar-refractivity contribution in [2.75, 3.05) is 11.1 Å². The van der Waals surface area contributed by atoms with E-state index in [1.165, 1.54) is 6.07 Å². The van der Waals surface area contributed by atoms with Crippen molar-refractivity contribution in [2.45, 2.75) is 6.92 Å². The number of nitrogens with zero attached hydrogens (tertiary/aromatic N) is 2. The number of aryl methyl sites for hydroxylation is 1. The number of nitrogen functional groups attached to an aromatic ring is 1. The first-order valence-electron chi connectivity index (χ1n) is 4.77. The molecule has 1 aromatic heterocycles. The molecule has 0 spiro atoms. The van der Waals surface area contributed by atoms with Crippen molar-refractivity contribution in [2.24, 2.45) is 0 Å². The van der Waals surface area contributed by atoms with Crippen LogP contribution < -0.4 is 11.1 Å². The summed E-state index contributed by atoms with van der Waals surface area (Å²) >= 11 is 0. The zero-order valence-corrected chi connectivity index (χ0v) is 8.74. The van der Waals surface area contributed by atoms with Crippen molar-refractivity contribution >= 4 is 17.5 Å². The standard InChI is InChI=1S/C11H11FN4/c1-7-6-8(2-3-9(7)12)15-11-14-5-4-10(13)16-11/h2-6H,1H3,(H3,13,14,15,16). The van der Waals surface area contributed by atoms with Crippen LogP contribution in [0, 0.1) is 12.7 Å². The molecule has 1 aromatic carbocycles. The van der Waals surface area contributed by atoms with Gasteiger partial charge in [0.1, 0.15) is 11.6 Å². The first-order chi connectivity index (χ1) is 7.65. The molecule has 0 aliphatic heterocycles. The van der Waals surface area contributed by atoms with Gasteiger partial charge in [-0.3, -0.25) is 0 Å². The summed E-state index contributed by atoms with van der Waals surface area (Å²) in [5.74, 6) is 0.543. The Morgan fingerprint density at radius 2 is 2.12 bits per heavy atom. The Hall–Kier alpha value is -2.17. The van der Waals surface area contributed by atoms with Gasteiger partial charge in [-0.15, -0.1) is 0 Å². The van der Waals surface area contributed by atoms with E-state index < -0.39 is 0 Å². The SMILES string of the molecule is Cc1cc(Nc2nccc(N)n2)ccc1F. The van der Waals surface area contributed by atoms with E-state index in [1.807, 2.05) is 0 Å². The van der Waals surface area contributed by atoms with E-state index >= 15 is 0 Å². The number of hydrogen-bond acceptors (Lipinski definition) is 4. The molecule has 0 saturated carbocycles. The zero-order chi connectivity index (χ0) is 11.5. The molecule has 0 atom stereocenters. The van der Waals surface area contributed by atoms with E-state index in [1.54, 1.807) is 31.3 Å². The molecule has 0 unspecified atom stereocenters. The van der Waals surface area contributed by atoms with Crippen LogP contribution in [0.15, 0.2) is 30.5 Å². The van der Waals surface area contributed by atoms with Gasteiger partial charge in [-0.05, 0) is 36.8 Å². The van der Waals surface area contributed by atoms with Crippen LogP contribution in [0.3, 0.4) is 0 Å². The molecule has 0 bridgehead atoms. The van der Waals surface area contributed by atoms with Gasteiger partial charge >= 0.3 is 0 Å². The summed E-state index contributed by atoms with van der Waals surface area (Å²) in [7, 11) is 0. The first kappa shape index (κ1) is 10.4. The van der Waals surface area contributed by atoms with E-state index in [2.05, 4.69) is 15.3 Å². The van der Waals surface area contributed by atoms with Gasteiger partial charge in [-0.25, -0.2) is 9.37 Å². The summed E-state index contributed by atoms with van der Waals surface area (Å²) in [5.41, 5.74) is 6.81. The highest BCUT2D eigenvalue weighted by atomic mass is 19.1. The highest BCUT2D eigenvalue weighted by Crippen LogP contribution is 2.16. The van der Waals surface area contributed by atoms with Crippen molar-refractivity contribution in [3.63, 3.8) is 0 Å². The third-order valence-corrected chi connectivity index (χ3v) is 2.09. The fourth-order valence-electron chi connectivity index (χ4n) is 1.28. The molecule has 0 saturated heterocycles. The molecule has 2 rings (SSSR count). The van der Waals surface area contributed by atoms with Gasteiger partial charge in [0.2, 0.25) is 5.95 Å². The van der Waals surface area contributed by atoms with Gasteiger partial charge < -0.3 is 11.1 Å². The van der Waals surface area contributed by atoms with Crippen LogP contribution >= 0.6 is 0 Å². The highest BCUT2D eigenvalue weighted by Gasteiger charge is 2.01. The smallest absolute Gasteiger partial charge is 0.229 e. The number of nitrogens with two attached hydrogens (primary N) is 1. The van der Waals surface area contributed by atoms with E-state index in [0.29, 0.717) is 17.3 Å². The fraction of sp³-hybridized carbons (Fsp3) is 0.0909.